The van der Waals surface area contributed by atoms with Crippen LogP contribution in [0.3, 0.4) is 0 Å². The predicted molar refractivity (Wildman–Crippen MR) is 147 cm³/mol. The van der Waals surface area contributed by atoms with E-state index >= 15 is 0 Å². The van der Waals surface area contributed by atoms with Crippen molar-refractivity contribution in [3.05, 3.63) is 59.4 Å². The zero-order valence-corrected chi connectivity index (χ0v) is 23.6. The summed E-state index contributed by atoms with van der Waals surface area (Å²) in [6.45, 7) is 0.874. The summed E-state index contributed by atoms with van der Waals surface area (Å²) in [4.78, 5) is 31.0. The molecule has 1 saturated carbocycles. The second kappa shape index (κ2) is 12.4. The first-order valence-electron chi connectivity index (χ1n) is 12.8. The topological polar surface area (TPSA) is 96.4 Å². The van der Waals surface area contributed by atoms with E-state index in [1.165, 1.54) is 6.07 Å². The summed E-state index contributed by atoms with van der Waals surface area (Å²) in [5, 5.41) is 0. The Morgan fingerprint density at radius 3 is 2.33 bits per heavy atom. The van der Waals surface area contributed by atoms with E-state index in [0.717, 1.165) is 61.9 Å². The monoisotopic (exact) mass is 585 g/mol. The highest BCUT2D eigenvalue weighted by Crippen LogP contribution is 2.41. The number of pyridine rings is 1. The van der Waals surface area contributed by atoms with Crippen molar-refractivity contribution in [2.24, 2.45) is 5.92 Å². The van der Waals surface area contributed by atoms with E-state index in [2.05, 4.69) is 9.71 Å². The van der Waals surface area contributed by atoms with Crippen molar-refractivity contribution in [1.29, 1.82) is 0 Å². The Balaban J connectivity index is 0.00000420. The number of amides is 1. The number of Topliss-reactive ketones (excluding diaryl/α,β-unsaturated/α-hetero) is 1. The zero-order valence-electron chi connectivity index (χ0n) is 21.8. The molecule has 0 bridgehead atoms. The number of hydrogen-bond donors (Lipinski definition) is 1. The van der Waals surface area contributed by atoms with E-state index < -0.39 is 27.8 Å². The molecule has 1 N–H and O–H groups in total. The lowest BCUT2D eigenvalue weighted by molar-refractivity contribution is -0.141. The summed E-state index contributed by atoms with van der Waals surface area (Å²) < 4.78 is 64.2. The fraction of sp³-hybridized carbons (Fsp3) is 0.519. The number of piperidine rings is 1. The number of carbonyl (C=O) groups is 2. The number of nitrogens with zero attached hydrogens (tertiary/aromatic N) is 2. The number of carbonyl (C=O) groups excluding carboxylic acids is 2. The van der Waals surface area contributed by atoms with Crippen LogP contribution in [0.15, 0.2) is 42.6 Å². The predicted octanol–water partition coefficient (Wildman–Crippen LogP) is 4.52. The van der Waals surface area contributed by atoms with Crippen molar-refractivity contribution >= 4 is 40.9 Å². The average molecular weight is 586 g/mol. The van der Waals surface area contributed by atoms with Gasteiger partial charge in [0.05, 0.1) is 6.26 Å². The van der Waals surface area contributed by atoms with Crippen LogP contribution in [-0.2, 0) is 37.6 Å². The molecule has 1 atom stereocenters. The van der Waals surface area contributed by atoms with Gasteiger partial charge in [0, 0.05) is 49.1 Å². The van der Waals surface area contributed by atoms with Crippen LogP contribution in [0.2, 0.25) is 0 Å². The SMILES string of the molecule is CS(=O)(=O)NCC1(c2ccc(N3CCC[C@H](CC(=O)Cc4ccc(C(F)(F)F)nc4)C3=O)cc2)CCCC1.S. The number of alkyl halides is 3. The normalized spacial score (nSPS) is 19.5. The molecule has 1 aromatic heterocycles. The molecule has 1 aliphatic heterocycles. The Morgan fingerprint density at radius 1 is 1.10 bits per heavy atom. The third-order valence-corrected chi connectivity index (χ3v) is 8.23. The van der Waals surface area contributed by atoms with Crippen molar-refractivity contribution in [3.8, 4) is 0 Å². The van der Waals surface area contributed by atoms with Crippen LogP contribution < -0.4 is 9.62 Å². The molecule has 2 heterocycles. The number of nitrogens with one attached hydrogen (secondary N) is 1. The lowest BCUT2D eigenvalue weighted by Crippen LogP contribution is -2.42. The standard InChI is InChI=1S/C27H32F3N3O4S.H2S/c1-38(36,37)32-18-26(12-2-3-13-26)21-7-9-22(10-8-21)33-14-4-5-20(25(33)35)16-23(34)15-19-6-11-24(31-17-19)27(28,29)30;/h6-11,17,20,32H,2-5,12-16,18H2,1H3;1H2/t20-;/m1./s1. The van der Waals surface area contributed by atoms with E-state index in [-0.39, 0.29) is 43.4 Å². The molecule has 2 aromatic rings. The summed E-state index contributed by atoms with van der Waals surface area (Å²) in [6, 6.07) is 9.78. The fourth-order valence-electron chi connectivity index (χ4n) is 5.55. The molecule has 214 valence electrons. The maximum Gasteiger partial charge on any atom is 0.433 e. The Morgan fingerprint density at radius 2 is 1.77 bits per heavy atom. The van der Waals surface area contributed by atoms with Gasteiger partial charge in [-0.3, -0.25) is 14.6 Å². The summed E-state index contributed by atoms with van der Waals surface area (Å²) in [6.07, 6.45) is 2.74. The molecule has 0 spiro atoms. The lowest BCUT2D eigenvalue weighted by Gasteiger charge is -2.33. The molecule has 2 aliphatic rings. The van der Waals surface area contributed by atoms with Crippen molar-refractivity contribution in [2.75, 3.05) is 24.2 Å². The van der Waals surface area contributed by atoms with Crippen LogP contribution in [0, 0.1) is 5.92 Å². The van der Waals surface area contributed by atoms with Crippen LogP contribution in [-0.4, -0.2) is 44.4 Å². The number of halogens is 3. The number of aromatic nitrogens is 1. The number of anilines is 1. The molecule has 7 nitrogen and oxygen atoms in total. The molecule has 1 aliphatic carbocycles. The maximum absolute atomic E-state index is 13.2. The van der Waals surface area contributed by atoms with E-state index in [0.29, 0.717) is 25.1 Å². The molecule has 39 heavy (non-hydrogen) atoms. The van der Waals surface area contributed by atoms with Gasteiger partial charge in [-0.05, 0) is 55.0 Å². The van der Waals surface area contributed by atoms with Gasteiger partial charge in [-0.25, -0.2) is 13.1 Å². The van der Waals surface area contributed by atoms with Crippen LogP contribution in [0.25, 0.3) is 0 Å². The molecule has 0 unspecified atom stereocenters. The Kier molecular flexibility index (Phi) is 9.87. The number of ketones is 1. The third kappa shape index (κ3) is 7.82. The molecule has 12 heteroatoms. The van der Waals surface area contributed by atoms with Crippen LogP contribution in [0.1, 0.15) is 61.8 Å². The number of sulfonamides is 1. The van der Waals surface area contributed by atoms with E-state index in [4.69, 9.17) is 0 Å². The van der Waals surface area contributed by atoms with Gasteiger partial charge in [-0.15, -0.1) is 0 Å². The molecule has 0 radical (unpaired) electrons. The van der Waals surface area contributed by atoms with Gasteiger partial charge in [-0.2, -0.15) is 26.7 Å². The maximum atomic E-state index is 13.2. The first-order chi connectivity index (χ1) is 17.9. The molecule has 1 amide bonds. The van der Waals surface area contributed by atoms with Crippen molar-refractivity contribution in [2.45, 2.75) is 63.0 Å². The minimum absolute atomic E-state index is 0. The van der Waals surface area contributed by atoms with Gasteiger partial charge in [0.25, 0.3) is 0 Å². The highest BCUT2D eigenvalue weighted by molar-refractivity contribution is 7.88. The summed E-state index contributed by atoms with van der Waals surface area (Å²) >= 11 is 0. The smallest absolute Gasteiger partial charge is 0.312 e. The first-order valence-corrected chi connectivity index (χ1v) is 14.7. The van der Waals surface area contributed by atoms with Crippen molar-refractivity contribution < 1.29 is 31.2 Å². The van der Waals surface area contributed by atoms with Gasteiger partial charge < -0.3 is 4.90 Å². The number of benzene rings is 1. The summed E-state index contributed by atoms with van der Waals surface area (Å²) in [5.41, 5.74) is 0.867. The van der Waals surface area contributed by atoms with E-state index in [9.17, 15) is 31.2 Å². The molecule has 1 saturated heterocycles. The largest absolute Gasteiger partial charge is 0.433 e. The van der Waals surface area contributed by atoms with Crippen molar-refractivity contribution in [3.63, 3.8) is 0 Å². The second-order valence-electron chi connectivity index (χ2n) is 10.4. The van der Waals surface area contributed by atoms with Gasteiger partial charge in [0.1, 0.15) is 11.5 Å². The minimum atomic E-state index is -4.54. The molecule has 1 aromatic carbocycles. The number of hydrogen-bond acceptors (Lipinski definition) is 5. The van der Waals surface area contributed by atoms with E-state index in [1.807, 2.05) is 24.3 Å². The minimum Gasteiger partial charge on any atom is -0.312 e. The number of rotatable bonds is 9. The highest BCUT2D eigenvalue weighted by Gasteiger charge is 2.37. The van der Waals surface area contributed by atoms with Gasteiger partial charge in [-0.1, -0.05) is 31.0 Å². The van der Waals surface area contributed by atoms with E-state index in [1.54, 1.807) is 4.90 Å². The van der Waals surface area contributed by atoms with Gasteiger partial charge >= 0.3 is 6.18 Å². The summed E-state index contributed by atoms with van der Waals surface area (Å²) in [7, 11) is -3.31. The summed E-state index contributed by atoms with van der Waals surface area (Å²) in [5.74, 6) is -0.848. The van der Waals surface area contributed by atoms with Crippen LogP contribution >= 0.6 is 13.5 Å². The average Bonchev–Trinajstić information content (AvgIpc) is 3.34. The molecule has 4 rings (SSSR count). The van der Waals surface area contributed by atoms with Crippen LogP contribution in [0.5, 0.6) is 0 Å². The van der Waals surface area contributed by atoms with Crippen LogP contribution in [0.4, 0.5) is 18.9 Å². The molecular weight excluding hydrogens is 551 g/mol. The van der Waals surface area contributed by atoms with Gasteiger partial charge in [0.2, 0.25) is 15.9 Å². The Bertz CT molecular complexity index is 1260. The van der Waals surface area contributed by atoms with Crippen molar-refractivity contribution in [1.82, 2.24) is 9.71 Å². The molecule has 2 fully saturated rings. The third-order valence-electron chi connectivity index (χ3n) is 7.56. The molecular formula is C27H34F3N3O4S2. The quantitative estimate of drug-likeness (QED) is 0.467. The lowest BCUT2D eigenvalue weighted by atomic mass is 9.79. The highest BCUT2D eigenvalue weighted by atomic mass is 32.2. The zero-order chi connectivity index (χ0) is 27.6. The fourth-order valence-corrected chi connectivity index (χ4v) is 6.09. The second-order valence-corrected chi connectivity index (χ2v) is 12.3. The first kappa shape index (κ1) is 31.1. The van der Waals surface area contributed by atoms with Gasteiger partial charge in [0.15, 0.2) is 0 Å². The Hall–Kier alpha value is -2.44. The Labute approximate surface area is 234 Å².